The number of nitrogens with zero attached hydrogens (tertiary/aromatic N) is 1. The Kier molecular flexibility index (Phi) is 4.47. The molecule has 4 nitrogen and oxygen atoms in total. The third-order valence-corrected chi connectivity index (χ3v) is 7.73. The van der Waals surface area contributed by atoms with Crippen LogP contribution in [0.2, 0.25) is 5.02 Å². The van der Waals surface area contributed by atoms with Gasteiger partial charge in [-0.05, 0) is 54.9 Å². The average molecular weight is 383 g/mol. The number of hydrogen-bond donors (Lipinski definition) is 1. The fourth-order valence-corrected chi connectivity index (χ4v) is 6.43. The molecule has 3 aliphatic rings. The van der Waals surface area contributed by atoms with Crippen molar-refractivity contribution in [3.8, 4) is 0 Å². The number of rotatable bonds is 3. The molecule has 1 aromatic carbocycles. The lowest BCUT2D eigenvalue weighted by atomic mass is 10.0. The fourth-order valence-electron chi connectivity index (χ4n) is 3.65. The minimum Gasteiger partial charge on any atom is -0.353 e. The van der Waals surface area contributed by atoms with Gasteiger partial charge in [-0.25, -0.2) is 0 Å². The van der Waals surface area contributed by atoms with E-state index in [-0.39, 0.29) is 11.8 Å². The van der Waals surface area contributed by atoms with E-state index in [0.29, 0.717) is 30.3 Å². The highest BCUT2D eigenvalue weighted by molar-refractivity contribution is 8.02. The van der Waals surface area contributed by atoms with Gasteiger partial charge in [0.15, 0.2) is 4.87 Å². The molecule has 24 heavy (non-hydrogen) atoms. The highest BCUT2D eigenvalue weighted by Gasteiger charge is 2.57. The fraction of sp³-hybridized carbons (Fsp3) is 0.529. The topological polar surface area (TPSA) is 49.4 Å². The number of amides is 2. The van der Waals surface area contributed by atoms with E-state index in [2.05, 4.69) is 5.32 Å². The summed E-state index contributed by atoms with van der Waals surface area (Å²) in [4.78, 5) is 27.3. The number of nitrogens with one attached hydrogen (secondary N) is 1. The van der Waals surface area contributed by atoms with E-state index < -0.39 is 4.87 Å². The van der Waals surface area contributed by atoms with Crippen LogP contribution in [0.4, 0.5) is 5.69 Å². The zero-order valence-corrected chi connectivity index (χ0v) is 15.6. The van der Waals surface area contributed by atoms with Crippen LogP contribution in [0, 0.1) is 5.92 Å². The summed E-state index contributed by atoms with van der Waals surface area (Å²) in [6, 6.07) is 5.51. The molecule has 128 valence electrons. The van der Waals surface area contributed by atoms with E-state index in [1.165, 1.54) is 23.3 Å². The van der Waals surface area contributed by atoms with Gasteiger partial charge in [0.1, 0.15) is 0 Å². The Morgan fingerprint density at radius 3 is 2.96 bits per heavy atom. The van der Waals surface area contributed by atoms with Crippen LogP contribution in [0.5, 0.6) is 0 Å². The SMILES string of the molecule is O=C1CC[C@@]2(C(=O)NCC3CCSCC3)Sc3ccc(Cl)cc3N12. The molecule has 0 unspecified atom stereocenters. The van der Waals surface area contributed by atoms with E-state index in [1.807, 2.05) is 23.9 Å². The molecule has 0 aliphatic carbocycles. The second-order valence-electron chi connectivity index (χ2n) is 6.49. The number of benzene rings is 1. The van der Waals surface area contributed by atoms with Crippen LogP contribution in [-0.4, -0.2) is 34.7 Å². The molecule has 0 radical (unpaired) electrons. The maximum Gasteiger partial charge on any atom is 0.257 e. The summed E-state index contributed by atoms with van der Waals surface area (Å²) in [6.07, 6.45) is 3.27. The Hall–Kier alpha value is -0.850. The van der Waals surface area contributed by atoms with Crippen LogP contribution < -0.4 is 10.2 Å². The third-order valence-electron chi connectivity index (χ3n) is 4.98. The Balaban J connectivity index is 1.55. The minimum absolute atomic E-state index is 0.00716. The number of anilines is 1. The first kappa shape index (κ1) is 16.6. The summed E-state index contributed by atoms with van der Waals surface area (Å²) in [5.41, 5.74) is 0.777. The second kappa shape index (κ2) is 6.46. The molecule has 0 spiro atoms. The van der Waals surface area contributed by atoms with Crippen molar-refractivity contribution in [3.05, 3.63) is 23.2 Å². The first-order chi connectivity index (χ1) is 11.6. The van der Waals surface area contributed by atoms with E-state index in [4.69, 9.17) is 11.6 Å². The van der Waals surface area contributed by atoms with Crippen molar-refractivity contribution in [2.24, 2.45) is 5.92 Å². The number of carbonyl (C=O) groups excluding carboxylic acids is 2. The van der Waals surface area contributed by atoms with Gasteiger partial charge in [-0.1, -0.05) is 23.4 Å². The van der Waals surface area contributed by atoms with Crippen molar-refractivity contribution in [1.82, 2.24) is 5.32 Å². The highest BCUT2D eigenvalue weighted by atomic mass is 35.5. The van der Waals surface area contributed by atoms with E-state index in [1.54, 1.807) is 11.0 Å². The maximum atomic E-state index is 13.0. The molecule has 3 heterocycles. The van der Waals surface area contributed by atoms with Crippen molar-refractivity contribution in [1.29, 1.82) is 0 Å². The summed E-state index contributed by atoms with van der Waals surface area (Å²) in [5.74, 6) is 2.88. The first-order valence-corrected chi connectivity index (χ1v) is 10.6. The molecule has 0 saturated carbocycles. The number of thioether (sulfide) groups is 2. The second-order valence-corrected chi connectivity index (χ2v) is 9.47. The number of halogens is 1. The molecule has 0 bridgehead atoms. The Morgan fingerprint density at radius 2 is 2.17 bits per heavy atom. The van der Waals surface area contributed by atoms with Crippen molar-refractivity contribution < 1.29 is 9.59 Å². The lowest BCUT2D eigenvalue weighted by molar-refractivity contribution is -0.125. The monoisotopic (exact) mass is 382 g/mol. The van der Waals surface area contributed by atoms with Crippen molar-refractivity contribution >= 4 is 52.6 Å². The third kappa shape index (κ3) is 2.72. The highest BCUT2D eigenvalue weighted by Crippen LogP contribution is 2.56. The van der Waals surface area contributed by atoms with Crippen LogP contribution in [0.15, 0.2) is 23.1 Å². The van der Waals surface area contributed by atoms with Gasteiger partial charge in [-0.3, -0.25) is 14.5 Å². The number of fused-ring (bicyclic) bond motifs is 3. The van der Waals surface area contributed by atoms with E-state index in [0.717, 1.165) is 23.4 Å². The van der Waals surface area contributed by atoms with Gasteiger partial charge in [-0.2, -0.15) is 11.8 Å². The van der Waals surface area contributed by atoms with Gasteiger partial charge in [-0.15, -0.1) is 0 Å². The predicted molar refractivity (Wildman–Crippen MR) is 99.8 cm³/mol. The van der Waals surface area contributed by atoms with Crippen LogP contribution >= 0.6 is 35.1 Å². The van der Waals surface area contributed by atoms with E-state index >= 15 is 0 Å². The van der Waals surface area contributed by atoms with Gasteiger partial charge < -0.3 is 5.32 Å². The first-order valence-electron chi connectivity index (χ1n) is 8.28. The zero-order valence-electron chi connectivity index (χ0n) is 13.2. The van der Waals surface area contributed by atoms with Gasteiger partial charge in [0.25, 0.3) is 5.91 Å². The standard InChI is InChI=1S/C17H19ClN2O2S2/c18-12-1-2-14-13(9-12)20-15(21)3-6-17(20,24-14)16(22)19-10-11-4-7-23-8-5-11/h1-2,9,11H,3-8,10H2,(H,19,22)/t17-/m0/s1. The molecule has 2 fully saturated rings. The van der Waals surface area contributed by atoms with Crippen LogP contribution in [-0.2, 0) is 9.59 Å². The molecular formula is C17H19ClN2O2S2. The van der Waals surface area contributed by atoms with Crippen LogP contribution in [0.1, 0.15) is 25.7 Å². The molecule has 7 heteroatoms. The molecular weight excluding hydrogens is 364 g/mol. The maximum absolute atomic E-state index is 13.0. The quantitative estimate of drug-likeness (QED) is 0.868. The van der Waals surface area contributed by atoms with Gasteiger partial charge in [0, 0.05) is 22.9 Å². The zero-order chi connectivity index (χ0) is 16.7. The van der Waals surface area contributed by atoms with Crippen molar-refractivity contribution in [2.75, 3.05) is 23.0 Å². The summed E-state index contributed by atoms with van der Waals surface area (Å²) in [6.45, 7) is 0.709. The summed E-state index contributed by atoms with van der Waals surface area (Å²) < 4.78 is 0. The molecule has 1 atom stereocenters. The summed E-state index contributed by atoms with van der Waals surface area (Å²) in [5, 5.41) is 3.72. The lowest BCUT2D eigenvalue weighted by Gasteiger charge is -2.31. The average Bonchev–Trinajstić information content (AvgIpc) is 3.10. The normalized spacial score (nSPS) is 26.4. The molecule has 2 saturated heterocycles. The minimum atomic E-state index is -0.826. The number of hydrogen-bond acceptors (Lipinski definition) is 4. The largest absolute Gasteiger partial charge is 0.353 e. The number of carbonyl (C=O) groups is 2. The molecule has 1 aromatic rings. The molecule has 1 N–H and O–H groups in total. The Labute approximate surface area is 155 Å². The molecule has 3 aliphatic heterocycles. The summed E-state index contributed by atoms with van der Waals surface area (Å²) in [7, 11) is 0. The van der Waals surface area contributed by atoms with Crippen molar-refractivity contribution in [3.63, 3.8) is 0 Å². The van der Waals surface area contributed by atoms with E-state index in [9.17, 15) is 9.59 Å². The molecule has 4 rings (SSSR count). The van der Waals surface area contributed by atoms with Crippen LogP contribution in [0.25, 0.3) is 0 Å². The van der Waals surface area contributed by atoms with Gasteiger partial charge in [0.2, 0.25) is 5.91 Å². The molecule has 0 aromatic heterocycles. The van der Waals surface area contributed by atoms with Gasteiger partial charge >= 0.3 is 0 Å². The summed E-state index contributed by atoms with van der Waals surface area (Å²) >= 11 is 9.57. The van der Waals surface area contributed by atoms with Crippen LogP contribution in [0.3, 0.4) is 0 Å². The molecule has 2 amide bonds. The lowest BCUT2D eigenvalue weighted by Crippen LogP contribution is -2.53. The van der Waals surface area contributed by atoms with Crippen molar-refractivity contribution in [2.45, 2.75) is 35.4 Å². The Morgan fingerprint density at radius 1 is 1.38 bits per heavy atom. The predicted octanol–water partition coefficient (Wildman–Crippen LogP) is 3.53. The van der Waals surface area contributed by atoms with Gasteiger partial charge in [0.05, 0.1) is 5.69 Å². The smallest absolute Gasteiger partial charge is 0.257 e. The Bertz CT molecular complexity index is 693.